The van der Waals surface area contributed by atoms with Gasteiger partial charge in [-0.25, -0.2) is 0 Å². The number of nitriles is 1. The molecule has 3 aromatic rings. The first-order valence-corrected chi connectivity index (χ1v) is 7.46. The standard InChI is InChI=1S/C17H8F6N4O/c18-16(19,20)10-5-9(6-11(7-10)17(21,22)23)1-2-12-3-4-14(28-12)15-13(8-24)25-27-26-15/h1-7H,(H,25,26,27)/b2-1+. The molecule has 0 atom stereocenters. The monoisotopic (exact) mass is 398 g/mol. The Kier molecular flexibility index (Phi) is 4.72. The van der Waals surface area contributed by atoms with Crippen LogP contribution in [-0.2, 0) is 12.4 Å². The Morgan fingerprint density at radius 1 is 0.929 bits per heavy atom. The molecule has 0 spiro atoms. The van der Waals surface area contributed by atoms with Gasteiger partial charge in [0, 0.05) is 0 Å². The molecule has 0 radical (unpaired) electrons. The summed E-state index contributed by atoms with van der Waals surface area (Å²) in [5, 5.41) is 18.5. The fourth-order valence-corrected chi connectivity index (χ4v) is 2.30. The van der Waals surface area contributed by atoms with Gasteiger partial charge in [-0.1, -0.05) is 6.08 Å². The second-order valence-electron chi connectivity index (χ2n) is 5.51. The molecule has 144 valence electrons. The molecule has 28 heavy (non-hydrogen) atoms. The average molecular weight is 398 g/mol. The molecule has 0 aliphatic heterocycles. The molecule has 0 aliphatic rings. The number of halogens is 6. The van der Waals surface area contributed by atoms with Gasteiger partial charge in [-0.2, -0.15) is 41.9 Å². The van der Waals surface area contributed by atoms with Crippen LogP contribution in [0.4, 0.5) is 26.3 Å². The van der Waals surface area contributed by atoms with Crippen LogP contribution in [0.5, 0.6) is 0 Å². The summed E-state index contributed by atoms with van der Waals surface area (Å²) in [7, 11) is 0. The van der Waals surface area contributed by atoms with Crippen molar-refractivity contribution >= 4 is 12.2 Å². The van der Waals surface area contributed by atoms with Crippen molar-refractivity contribution in [3.63, 3.8) is 0 Å². The van der Waals surface area contributed by atoms with Crippen LogP contribution in [0.25, 0.3) is 23.6 Å². The first kappa shape index (κ1) is 19.2. The number of aromatic nitrogens is 3. The lowest BCUT2D eigenvalue weighted by atomic mass is 10.0. The van der Waals surface area contributed by atoms with Gasteiger partial charge in [0.15, 0.2) is 17.1 Å². The van der Waals surface area contributed by atoms with E-state index in [9.17, 15) is 26.3 Å². The molecule has 0 amide bonds. The summed E-state index contributed by atoms with van der Waals surface area (Å²) in [4.78, 5) is 0. The highest BCUT2D eigenvalue weighted by atomic mass is 19.4. The van der Waals surface area contributed by atoms with Gasteiger partial charge in [-0.05, 0) is 42.0 Å². The molecule has 11 heteroatoms. The Morgan fingerprint density at radius 3 is 2.14 bits per heavy atom. The van der Waals surface area contributed by atoms with Crippen LogP contribution in [-0.4, -0.2) is 15.4 Å². The first-order valence-electron chi connectivity index (χ1n) is 7.46. The molecule has 0 unspecified atom stereocenters. The second-order valence-corrected chi connectivity index (χ2v) is 5.51. The molecule has 0 fully saturated rings. The lowest BCUT2D eigenvalue weighted by Gasteiger charge is -2.12. The van der Waals surface area contributed by atoms with Crippen molar-refractivity contribution in [1.29, 1.82) is 5.26 Å². The minimum atomic E-state index is -4.93. The number of H-pyrrole nitrogens is 1. The van der Waals surface area contributed by atoms with Crippen molar-refractivity contribution in [2.24, 2.45) is 0 Å². The van der Waals surface area contributed by atoms with Gasteiger partial charge in [-0.15, -0.1) is 5.10 Å². The molecular formula is C17H8F6N4O. The van der Waals surface area contributed by atoms with Crippen LogP contribution in [0, 0.1) is 11.3 Å². The second kappa shape index (κ2) is 6.88. The summed E-state index contributed by atoms with van der Waals surface area (Å²) in [6, 6.07) is 5.89. The van der Waals surface area contributed by atoms with E-state index in [1.165, 1.54) is 18.2 Å². The van der Waals surface area contributed by atoms with Crippen LogP contribution in [0.1, 0.15) is 28.1 Å². The first-order chi connectivity index (χ1) is 13.1. The highest BCUT2D eigenvalue weighted by Crippen LogP contribution is 2.36. The number of furan rings is 1. The van der Waals surface area contributed by atoms with Gasteiger partial charge < -0.3 is 4.42 Å². The molecule has 3 rings (SSSR count). The van der Waals surface area contributed by atoms with Crippen molar-refractivity contribution in [2.45, 2.75) is 12.4 Å². The Labute approximate surface area is 152 Å². The molecule has 0 saturated carbocycles. The van der Waals surface area contributed by atoms with Crippen molar-refractivity contribution in [3.8, 4) is 17.5 Å². The maximum absolute atomic E-state index is 12.9. The van der Waals surface area contributed by atoms with Gasteiger partial charge in [0.1, 0.15) is 11.8 Å². The van der Waals surface area contributed by atoms with E-state index in [0.717, 1.165) is 6.08 Å². The third-order valence-electron chi connectivity index (χ3n) is 3.56. The van der Waals surface area contributed by atoms with E-state index in [1.807, 2.05) is 0 Å². The molecule has 1 aromatic carbocycles. The zero-order valence-corrected chi connectivity index (χ0v) is 13.6. The Morgan fingerprint density at radius 2 is 1.57 bits per heavy atom. The normalized spacial score (nSPS) is 12.5. The highest BCUT2D eigenvalue weighted by molar-refractivity contribution is 5.70. The molecule has 0 aliphatic carbocycles. The molecule has 2 aromatic heterocycles. The largest absolute Gasteiger partial charge is 0.455 e. The van der Waals surface area contributed by atoms with Crippen molar-refractivity contribution in [1.82, 2.24) is 15.4 Å². The summed E-state index contributed by atoms with van der Waals surface area (Å²) in [6.07, 6.45) is -7.60. The fraction of sp³-hybridized carbons (Fsp3) is 0.118. The molecule has 0 bridgehead atoms. The van der Waals surface area contributed by atoms with E-state index < -0.39 is 23.5 Å². The quantitative estimate of drug-likeness (QED) is 0.620. The maximum atomic E-state index is 12.9. The van der Waals surface area contributed by atoms with Crippen molar-refractivity contribution < 1.29 is 30.8 Å². The summed E-state index contributed by atoms with van der Waals surface area (Å²) in [5.41, 5.74) is -3.04. The van der Waals surface area contributed by atoms with Gasteiger partial charge in [0.25, 0.3) is 0 Å². The predicted molar refractivity (Wildman–Crippen MR) is 84.2 cm³/mol. The zero-order chi connectivity index (χ0) is 20.5. The number of nitrogens with one attached hydrogen (secondary N) is 1. The van der Waals surface area contributed by atoms with Crippen molar-refractivity contribution in [2.75, 3.05) is 0 Å². The van der Waals surface area contributed by atoms with Crippen LogP contribution < -0.4 is 0 Å². The highest BCUT2D eigenvalue weighted by Gasteiger charge is 2.36. The summed E-state index contributed by atoms with van der Waals surface area (Å²) in [5.74, 6) is 0.290. The fourth-order valence-electron chi connectivity index (χ4n) is 2.30. The number of nitrogens with zero attached hydrogens (tertiary/aromatic N) is 3. The van der Waals surface area contributed by atoms with E-state index in [2.05, 4.69) is 15.4 Å². The number of alkyl halides is 6. The average Bonchev–Trinajstić information content (AvgIpc) is 3.26. The lowest BCUT2D eigenvalue weighted by Crippen LogP contribution is -2.11. The summed E-state index contributed by atoms with van der Waals surface area (Å²) in [6.45, 7) is 0. The minimum Gasteiger partial charge on any atom is -0.455 e. The molecule has 5 nitrogen and oxygen atoms in total. The van der Waals surface area contributed by atoms with Gasteiger partial charge in [0.05, 0.1) is 11.1 Å². The maximum Gasteiger partial charge on any atom is 0.416 e. The van der Waals surface area contributed by atoms with E-state index >= 15 is 0 Å². The van der Waals surface area contributed by atoms with E-state index in [-0.39, 0.29) is 34.5 Å². The Bertz CT molecular complexity index is 1040. The van der Waals surface area contributed by atoms with E-state index in [1.54, 1.807) is 6.07 Å². The summed E-state index contributed by atoms with van der Waals surface area (Å²) >= 11 is 0. The van der Waals surface area contributed by atoms with Crippen LogP contribution >= 0.6 is 0 Å². The topological polar surface area (TPSA) is 78.5 Å². The van der Waals surface area contributed by atoms with Gasteiger partial charge in [-0.3, -0.25) is 0 Å². The Balaban J connectivity index is 1.93. The lowest BCUT2D eigenvalue weighted by molar-refractivity contribution is -0.143. The van der Waals surface area contributed by atoms with E-state index in [0.29, 0.717) is 12.1 Å². The smallest absolute Gasteiger partial charge is 0.416 e. The predicted octanol–water partition coefficient (Wildman–Crippen LogP) is 5.14. The molecule has 1 N–H and O–H groups in total. The number of rotatable bonds is 3. The number of aromatic amines is 1. The van der Waals surface area contributed by atoms with Gasteiger partial charge in [0.2, 0.25) is 0 Å². The third-order valence-corrected chi connectivity index (χ3v) is 3.56. The van der Waals surface area contributed by atoms with Crippen molar-refractivity contribution in [3.05, 3.63) is 58.5 Å². The molecule has 2 heterocycles. The van der Waals surface area contributed by atoms with Gasteiger partial charge >= 0.3 is 12.4 Å². The summed E-state index contributed by atoms with van der Waals surface area (Å²) < 4.78 is 82.7. The minimum absolute atomic E-state index is 0.0300. The Hall–Kier alpha value is -3.55. The number of hydrogen-bond donors (Lipinski definition) is 1. The number of hydrogen-bond acceptors (Lipinski definition) is 4. The molecule has 0 saturated heterocycles. The van der Waals surface area contributed by atoms with Crippen LogP contribution in [0.15, 0.2) is 34.7 Å². The third kappa shape index (κ3) is 4.06. The molecular weight excluding hydrogens is 390 g/mol. The number of benzene rings is 1. The SMILES string of the molecule is N#Cc1n[nH]nc1-c1ccc(/C=C/c2cc(C(F)(F)F)cc(C(F)(F)F)c2)o1. The van der Waals surface area contributed by atoms with E-state index in [4.69, 9.17) is 9.68 Å². The zero-order valence-electron chi connectivity index (χ0n) is 13.6. The van der Waals surface area contributed by atoms with Crippen LogP contribution in [0.2, 0.25) is 0 Å². The van der Waals surface area contributed by atoms with Crippen LogP contribution in [0.3, 0.4) is 0 Å².